The SMILES string of the molecule is ClCc1cnc(C2CCc3ccccc32)[nH]1. The first-order valence-electron chi connectivity index (χ1n) is 5.56. The first-order valence-corrected chi connectivity index (χ1v) is 6.09. The van der Waals surface area contributed by atoms with E-state index < -0.39 is 0 Å². The summed E-state index contributed by atoms with van der Waals surface area (Å²) in [6, 6.07) is 8.62. The van der Waals surface area contributed by atoms with Gasteiger partial charge in [0.25, 0.3) is 0 Å². The fraction of sp³-hybridized carbons (Fsp3) is 0.308. The number of benzene rings is 1. The van der Waals surface area contributed by atoms with Crippen molar-refractivity contribution in [3.63, 3.8) is 0 Å². The van der Waals surface area contributed by atoms with Crippen LogP contribution in [-0.2, 0) is 12.3 Å². The predicted octanol–water partition coefficient (Wildman–Crippen LogP) is 3.23. The maximum Gasteiger partial charge on any atom is 0.113 e. The smallest absolute Gasteiger partial charge is 0.113 e. The molecule has 0 aliphatic heterocycles. The number of nitrogens with one attached hydrogen (secondary N) is 1. The molecule has 0 radical (unpaired) electrons. The van der Waals surface area contributed by atoms with E-state index in [0.717, 1.165) is 24.4 Å². The van der Waals surface area contributed by atoms with Crippen molar-refractivity contribution in [3.8, 4) is 0 Å². The second-order valence-corrected chi connectivity index (χ2v) is 4.48. The van der Waals surface area contributed by atoms with E-state index >= 15 is 0 Å². The number of halogens is 1. The van der Waals surface area contributed by atoms with E-state index in [4.69, 9.17) is 11.6 Å². The van der Waals surface area contributed by atoms with Crippen LogP contribution in [0.25, 0.3) is 0 Å². The van der Waals surface area contributed by atoms with E-state index in [0.29, 0.717) is 11.8 Å². The number of alkyl halides is 1. The van der Waals surface area contributed by atoms with Crippen molar-refractivity contribution >= 4 is 11.6 Å². The second-order valence-electron chi connectivity index (χ2n) is 4.22. The van der Waals surface area contributed by atoms with Crippen LogP contribution in [0.4, 0.5) is 0 Å². The van der Waals surface area contributed by atoms with Crippen molar-refractivity contribution < 1.29 is 0 Å². The van der Waals surface area contributed by atoms with Crippen molar-refractivity contribution in [1.82, 2.24) is 9.97 Å². The quantitative estimate of drug-likeness (QED) is 0.792. The maximum atomic E-state index is 5.78. The average molecular weight is 233 g/mol. The molecule has 2 nitrogen and oxygen atoms in total. The highest BCUT2D eigenvalue weighted by atomic mass is 35.5. The summed E-state index contributed by atoms with van der Waals surface area (Å²) >= 11 is 5.78. The summed E-state index contributed by atoms with van der Waals surface area (Å²) in [7, 11) is 0. The van der Waals surface area contributed by atoms with Gasteiger partial charge in [0, 0.05) is 17.8 Å². The number of aromatic nitrogens is 2. The molecule has 0 saturated carbocycles. The van der Waals surface area contributed by atoms with Gasteiger partial charge >= 0.3 is 0 Å². The lowest BCUT2D eigenvalue weighted by Crippen LogP contribution is -1.98. The Morgan fingerprint density at radius 1 is 1.38 bits per heavy atom. The Hall–Kier alpha value is -1.28. The molecule has 1 heterocycles. The molecule has 2 aromatic rings. The van der Waals surface area contributed by atoms with Crippen LogP contribution in [0.5, 0.6) is 0 Å². The fourth-order valence-electron chi connectivity index (χ4n) is 2.46. The minimum absolute atomic E-state index is 0.424. The molecule has 1 N–H and O–H groups in total. The number of hydrogen-bond acceptors (Lipinski definition) is 1. The molecule has 1 unspecified atom stereocenters. The van der Waals surface area contributed by atoms with E-state index in [2.05, 4.69) is 34.2 Å². The second kappa shape index (κ2) is 3.95. The van der Waals surface area contributed by atoms with Gasteiger partial charge < -0.3 is 4.98 Å². The van der Waals surface area contributed by atoms with E-state index in [1.54, 1.807) is 0 Å². The van der Waals surface area contributed by atoms with Gasteiger partial charge in [-0.1, -0.05) is 24.3 Å². The zero-order valence-corrected chi connectivity index (χ0v) is 9.67. The zero-order chi connectivity index (χ0) is 11.0. The van der Waals surface area contributed by atoms with Crippen LogP contribution in [0, 0.1) is 0 Å². The summed E-state index contributed by atoms with van der Waals surface area (Å²) in [5.74, 6) is 1.98. The van der Waals surface area contributed by atoms with Gasteiger partial charge in [-0.25, -0.2) is 4.98 Å². The lowest BCUT2D eigenvalue weighted by atomic mass is 10.0. The molecule has 0 spiro atoms. The molecule has 0 fully saturated rings. The summed E-state index contributed by atoms with van der Waals surface area (Å²) in [5, 5.41) is 0. The van der Waals surface area contributed by atoms with Gasteiger partial charge in [-0.3, -0.25) is 0 Å². The molecule has 1 aliphatic carbocycles. The molecule has 1 aromatic heterocycles. The lowest BCUT2D eigenvalue weighted by molar-refractivity contribution is 0.740. The number of hydrogen-bond donors (Lipinski definition) is 1. The third-order valence-corrected chi connectivity index (χ3v) is 3.54. The van der Waals surface area contributed by atoms with Crippen LogP contribution in [0.2, 0.25) is 0 Å². The van der Waals surface area contributed by atoms with Crippen LogP contribution >= 0.6 is 11.6 Å². The van der Waals surface area contributed by atoms with Crippen LogP contribution in [0.3, 0.4) is 0 Å². The Bertz CT molecular complexity index is 504. The monoisotopic (exact) mass is 232 g/mol. The van der Waals surface area contributed by atoms with Crippen molar-refractivity contribution in [3.05, 3.63) is 53.1 Å². The summed E-state index contributed by atoms with van der Waals surface area (Å²) < 4.78 is 0. The molecule has 1 atom stereocenters. The highest BCUT2D eigenvalue weighted by molar-refractivity contribution is 6.16. The number of H-pyrrole nitrogens is 1. The topological polar surface area (TPSA) is 28.7 Å². The molecule has 16 heavy (non-hydrogen) atoms. The summed E-state index contributed by atoms with van der Waals surface area (Å²) in [5.41, 5.74) is 3.87. The number of nitrogens with zero attached hydrogens (tertiary/aromatic N) is 1. The summed E-state index contributed by atoms with van der Waals surface area (Å²) in [4.78, 5) is 7.73. The zero-order valence-electron chi connectivity index (χ0n) is 8.91. The number of imidazole rings is 1. The highest BCUT2D eigenvalue weighted by Gasteiger charge is 2.25. The van der Waals surface area contributed by atoms with Gasteiger partial charge in [-0.15, -0.1) is 11.6 Å². The van der Waals surface area contributed by atoms with E-state index in [1.807, 2.05) is 6.20 Å². The fourth-order valence-corrected chi connectivity index (χ4v) is 2.60. The normalized spacial score (nSPS) is 18.7. The highest BCUT2D eigenvalue weighted by Crippen LogP contribution is 2.36. The molecule has 0 saturated heterocycles. The Morgan fingerprint density at radius 3 is 3.06 bits per heavy atom. The standard InChI is InChI=1S/C13H13ClN2/c14-7-10-8-15-13(16-10)12-6-5-9-3-1-2-4-11(9)12/h1-4,8,12H,5-7H2,(H,15,16). The van der Waals surface area contributed by atoms with Gasteiger partial charge in [0.1, 0.15) is 5.82 Å². The molecular weight excluding hydrogens is 220 g/mol. The van der Waals surface area contributed by atoms with Gasteiger partial charge in [0.15, 0.2) is 0 Å². The third kappa shape index (κ3) is 1.54. The molecular formula is C13H13ClN2. The largest absolute Gasteiger partial charge is 0.344 e. The minimum atomic E-state index is 0.424. The first kappa shape index (κ1) is 9.91. The molecule has 82 valence electrons. The van der Waals surface area contributed by atoms with Crippen LogP contribution in [0.15, 0.2) is 30.5 Å². The van der Waals surface area contributed by atoms with Gasteiger partial charge in [0.2, 0.25) is 0 Å². The Balaban J connectivity index is 1.98. The molecule has 1 aromatic carbocycles. The van der Waals surface area contributed by atoms with Gasteiger partial charge in [0.05, 0.1) is 5.88 Å². The molecule has 3 heteroatoms. The van der Waals surface area contributed by atoms with Crippen LogP contribution < -0.4 is 0 Å². The molecule has 1 aliphatic rings. The summed E-state index contributed by atoms with van der Waals surface area (Å²) in [6.45, 7) is 0. The maximum absolute atomic E-state index is 5.78. The van der Waals surface area contributed by atoms with Crippen molar-refractivity contribution in [2.24, 2.45) is 0 Å². The third-order valence-electron chi connectivity index (χ3n) is 3.25. The minimum Gasteiger partial charge on any atom is -0.344 e. The van der Waals surface area contributed by atoms with Crippen molar-refractivity contribution in [2.75, 3.05) is 0 Å². The Kier molecular flexibility index (Phi) is 2.44. The van der Waals surface area contributed by atoms with E-state index in [9.17, 15) is 0 Å². The Morgan fingerprint density at radius 2 is 2.25 bits per heavy atom. The van der Waals surface area contributed by atoms with Crippen molar-refractivity contribution in [1.29, 1.82) is 0 Å². The first-order chi connectivity index (χ1) is 7.88. The number of aryl methyl sites for hydroxylation is 1. The van der Waals surface area contributed by atoms with Gasteiger partial charge in [-0.2, -0.15) is 0 Å². The van der Waals surface area contributed by atoms with E-state index in [-0.39, 0.29) is 0 Å². The molecule has 0 amide bonds. The average Bonchev–Trinajstić information content (AvgIpc) is 2.94. The number of aromatic amines is 1. The predicted molar refractivity (Wildman–Crippen MR) is 64.8 cm³/mol. The van der Waals surface area contributed by atoms with Crippen LogP contribution in [0.1, 0.15) is 35.0 Å². The molecule has 3 rings (SSSR count). The van der Waals surface area contributed by atoms with Crippen LogP contribution in [-0.4, -0.2) is 9.97 Å². The van der Waals surface area contributed by atoms with Crippen molar-refractivity contribution in [2.45, 2.75) is 24.6 Å². The number of fused-ring (bicyclic) bond motifs is 1. The number of rotatable bonds is 2. The lowest BCUT2D eigenvalue weighted by Gasteiger charge is -2.07. The summed E-state index contributed by atoms with van der Waals surface area (Å²) in [6.07, 6.45) is 4.13. The van der Waals surface area contributed by atoms with E-state index in [1.165, 1.54) is 11.1 Å². The Labute approximate surface area is 99.7 Å². The van der Waals surface area contributed by atoms with Gasteiger partial charge in [-0.05, 0) is 24.0 Å². The molecule has 0 bridgehead atoms.